The lowest BCUT2D eigenvalue weighted by Gasteiger charge is -2.34. The molecule has 3 heterocycles. The Morgan fingerprint density at radius 3 is 3.08 bits per heavy atom. The number of aromatic nitrogens is 2. The summed E-state index contributed by atoms with van der Waals surface area (Å²) in [4.78, 5) is 31.3. The van der Waals surface area contributed by atoms with E-state index in [1.165, 1.54) is 4.57 Å². The average Bonchev–Trinajstić information content (AvgIpc) is 3.08. The van der Waals surface area contributed by atoms with Crippen LogP contribution in [-0.2, 0) is 11.8 Å². The fraction of sp³-hybridized carbons (Fsp3) is 0.421. The van der Waals surface area contributed by atoms with E-state index in [0.29, 0.717) is 19.0 Å². The number of nitrogens with zero attached hydrogens (tertiary/aromatic N) is 3. The molecule has 0 bridgehead atoms. The first-order valence-corrected chi connectivity index (χ1v) is 8.92. The summed E-state index contributed by atoms with van der Waals surface area (Å²) in [6, 6.07) is 7.66. The highest BCUT2D eigenvalue weighted by Gasteiger charge is 2.32. The smallest absolute Gasteiger partial charge is 0.293 e. The molecule has 2 aromatic rings. The van der Waals surface area contributed by atoms with Crippen LogP contribution in [0.25, 0.3) is 0 Å². The number of aryl methyl sites for hydroxylation is 1. The maximum Gasteiger partial charge on any atom is 0.293 e. The number of para-hydroxylation sites is 1. The summed E-state index contributed by atoms with van der Waals surface area (Å²) < 4.78 is 7.14. The molecule has 0 radical (unpaired) electrons. The molecular formula is C19H22N4O3. The monoisotopic (exact) mass is 354 g/mol. The van der Waals surface area contributed by atoms with Crippen molar-refractivity contribution in [2.24, 2.45) is 7.05 Å². The molecule has 2 atom stereocenters. The zero-order valence-electron chi connectivity index (χ0n) is 14.7. The van der Waals surface area contributed by atoms with Gasteiger partial charge in [-0.15, -0.1) is 0 Å². The fourth-order valence-corrected chi connectivity index (χ4v) is 3.67. The molecule has 2 aliphatic rings. The number of rotatable bonds is 3. The minimum atomic E-state index is -0.274. The molecule has 1 N–H and O–H groups in total. The van der Waals surface area contributed by atoms with E-state index in [4.69, 9.17) is 4.74 Å². The maximum atomic E-state index is 12.7. The van der Waals surface area contributed by atoms with Gasteiger partial charge in [0.25, 0.3) is 5.56 Å². The van der Waals surface area contributed by atoms with Gasteiger partial charge >= 0.3 is 0 Å². The second kappa shape index (κ2) is 6.82. The van der Waals surface area contributed by atoms with E-state index in [1.54, 1.807) is 19.4 Å². The Morgan fingerprint density at radius 2 is 2.19 bits per heavy atom. The summed E-state index contributed by atoms with van der Waals surface area (Å²) in [6.45, 7) is 1.74. The predicted molar refractivity (Wildman–Crippen MR) is 97.5 cm³/mol. The van der Waals surface area contributed by atoms with E-state index in [0.717, 1.165) is 30.7 Å². The van der Waals surface area contributed by atoms with Crippen molar-refractivity contribution >= 4 is 11.7 Å². The summed E-state index contributed by atoms with van der Waals surface area (Å²) in [5.74, 6) is 0.943. The first kappa shape index (κ1) is 16.6. The second-order valence-corrected chi connectivity index (χ2v) is 6.86. The summed E-state index contributed by atoms with van der Waals surface area (Å²) in [7, 11) is 1.72. The third kappa shape index (κ3) is 3.05. The van der Waals surface area contributed by atoms with Crippen molar-refractivity contribution in [3.05, 3.63) is 52.6 Å². The standard InChI is InChI=1S/C19H22N4O3/c1-22-10-8-20-17(19(22)25)23-9-4-5-13(11-23)21-18(24)15-12-26-16-7-3-2-6-14(15)16/h2-3,6-8,10,13,15H,4-5,9,11-12H2,1H3,(H,21,24)/t13-,15+/m1/s1. The van der Waals surface area contributed by atoms with Gasteiger partial charge in [0.2, 0.25) is 5.91 Å². The Balaban J connectivity index is 1.45. The molecule has 0 unspecified atom stereocenters. The van der Waals surface area contributed by atoms with Gasteiger partial charge < -0.3 is 19.5 Å². The summed E-state index contributed by atoms with van der Waals surface area (Å²) in [6.07, 6.45) is 5.07. The van der Waals surface area contributed by atoms with Crippen molar-refractivity contribution in [3.8, 4) is 5.75 Å². The Labute approximate surface area is 151 Å². The molecule has 1 saturated heterocycles. The summed E-state index contributed by atoms with van der Waals surface area (Å²) >= 11 is 0. The predicted octanol–water partition coefficient (Wildman–Crippen LogP) is 1.04. The van der Waals surface area contributed by atoms with Gasteiger partial charge in [-0.05, 0) is 18.9 Å². The van der Waals surface area contributed by atoms with Crippen LogP contribution in [0.3, 0.4) is 0 Å². The zero-order chi connectivity index (χ0) is 18.1. The first-order valence-electron chi connectivity index (χ1n) is 8.92. The molecule has 7 heteroatoms. The van der Waals surface area contributed by atoms with Crippen LogP contribution >= 0.6 is 0 Å². The number of ether oxygens (including phenoxy) is 1. The van der Waals surface area contributed by atoms with E-state index in [9.17, 15) is 9.59 Å². The summed E-state index contributed by atoms with van der Waals surface area (Å²) in [5.41, 5.74) is 0.828. The molecule has 1 amide bonds. The molecule has 0 spiro atoms. The van der Waals surface area contributed by atoms with Crippen molar-refractivity contribution in [2.75, 3.05) is 24.6 Å². The lowest BCUT2D eigenvalue weighted by molar-refractivity contribution is -0.123. The number of hydrogen-bond donors (Lipinski definition) is 1. The van der Waals surface area contributed by atoms with Gasteiger partial charge in [-0.1, -0.05) is 18.2 Å². The van der Waals surface area contributed by atoms with Crippen LogP contribution in [0.2, 0.25) is 0 Å². The largest absolute Gasteiger partial charge is 0.492 e. The first-order chi connectivity index (χ1) is 12.6. The Morgan fingerprint density at radius 1 is 1.35 bits per heavy atom. The molecule has 2 aliphatic heterocycles. The lowest BCUT2D eigenvalue weighted by atomic mass is 9.99. The van der Waals surface area contributed by atoms with Crippen molar-refractivity contribution in [3.63, 3.8) is 0 Å². The van der Waals surface area contributed by atoms with Gasteiger partial charge in [0, 0.05) is 44.1 Å². The third-order valence-electron chi connectivity index (χ3n) is 5.08. The molecule has 1 aromatic carbocycles. The minimum Gasteiger partial charge on any atom is -0.492 e. The van der Waals surface area contributed by atoms with Crippen molar-refractivity contribution in [1.29, 1.82) is 0 Å². The van der Waals surface area contributed by atoms with Crippen molar-refractivity contribution < 1.29 is 9.53 Å². The quantitative estimate of drug-likeness (QED) is 0.891. The second-order valence-electron chi connectivity index (χ2n) is 6.86. The third-order valence-corrected chi connectivity index (χ3v) is 5.08. The van der Waals surface area contributed by atoms with Gasteiger partial charge in [-0.25, -0.2) is 4.98 Å². The van der Waals surface area contributed by atoms with Crippen LogP contribution in [-0.4, -0.2) is 41.2 Å². The van der Waals surface area contributed by atoms with E-state index in [1.807, 2.05) is 29.2 Å². The number of anilines is 1. The van der Waals surface area contributed by atoms with E-state index in [2.05, 4.69) is 10.3 Å². The van der Waals surface area contributed by atoms with Gasteiger partial charge in [-0.2, -0.15) is 0 Å². The molecule has 7 nitrogen and oxygen atoms in total. The Bertz CT molecular complexity index is 879. The summed E-state index contributed by atoms with van der Waals surface area (Å²) in [5, 5.41) is 3.14. The van der Waals surface area contributed by atoms with E-state index < -0.39 is 0 Å². The maximum absolute atomic E-state index is 12.7. The fourth-order valence-electron chi connectivity index (χ4n) is 3.67. The Hall–Kier alpha value is -2.83. The van der Waals surface area contributed by atoms with Gasteiger partial charge in [0.1, 0.15) is 18.3 Å². The van der Waals surface area contributed by atoms with Crippen LogP contribution in [0.4, 0.5) is 5.82 Å². The zero-order valence-corrected chi connectivity index (χ0v) is 14.7. The van der Waals surface area contributed by atoms with Crippen LogP contribution in [0, 0.1) is 0 Å². The number of carbonyl (C=O) groups is 1. The molecule has 1 aromatic heterocycles. The van der Waals surface area contributed by atoms with E-state index in [-0.39, 0.29) is 23.4 Å². The number of nitrogens with one attached hydrogen (secondary N) is 1. The van der Waals surface area contributed by atoms with Gasteiger partial charge in [0.15, 0.2) is 5.82 Å². The SMILES string of the molecule is Cn1ccnc(N2CCC[C@@H](NC(=O)[C@H]3COc4ccccc43)C2)c1=O. The van der Waals surface area contributed by atoms with Gasteiger partial charge in [0.05, 0.1) is 0 Å². The molecule has 0 saturated carbocycles. The molecule has 26 heavy (non-hydrogen) atoms. The highest BCUT2D eigenvalue weighted by Crippen LogP contribution is 2.33. The molecule has 0 aliphatic carbocycles. The highest BCUT2D eigenvalue weighted by molar-refractivity contribution is 5.85. The van der Waals surface area contributed by atoms with Crippen LogP contribution < -0.4 is 20.5 Å². The number of fused-ring (bicyclic) bond motifs is 1. The number of hydrogen-bond acceptors (Lipinski definition) is 5. The Kier molecular flexibility index (Phi) is 4.36. The van der Waals surface area contributed by atoms with Gasteiger partial charge in [-0.3, -0.25) is 9.59 Å². The lowest BCUT2D eigenvalue weighted by Crippen LogP contribution is -2.50. The molecule has 1 fully saturated rings. The van der Waals surface area contributed by atoms with Crippen LogP contribution in [0.15, 0.2) is 41.5 Å². The topological polar surface area (TPSA) is 76.5 Å². The molecule has 136 valence electrons. The minimum absolute atomic E-state index is 0.00396. The number of benzene rings is 1. The van der Waals surface area contributed by atoms with Crippen LogP contribution in [0.1, 0.15) is 24.3 Å². The molecular weight excluding hydrogens is 332 g/mol. The van der Waals surface area contributed by atoms with E-state index >= 15 is 0 Å². The number of carbonyl (C=O) groups excluding carboxylic acids is 1. The number of amides is 1. The van der Waals surface area contributed by atoms with Crippen LogP contribution in [0.5, 0.6) is 5.75 Å². The van der Waals surface area contributed by atoms with Crippen molar-refractivity contribution in [1.82, 2.24) is 14.9 Å². The van der Waals surface area contributed by atoms with Crippen molar-refractivity contribution in [2.45, 2.75) is 24.8 Å². The molecule has 4 rings (SSSR count). The normalized spacial score (nSPS) is 21.8. The average molecular weight is 354 g/mol. The number of piperidine rings is 1. The highest BCUT2D eigenvalue weighted by atomic mass is 16.5.